The highest BCUT2D eigenvalue weighted by molar-refractivity contribution is 5.89. The fourth-order valence-electron chi connectivity index (χ4n) is 2.80. The molecule has 0 spiro atoms. The largest absolute Gasteiger partial charge is 0.461 e. The number of carbonyl (C=O) groups excluding carboxylic acids is 2. The third-order valence-electron chi connectivity index (χ3n) is 3.85. The molecule has 0 bridgehead atoms. The van der Waals surface area contributed by atoms with E-state index in [1.54, 1.807) is 18.0 Å². The lowest BCUT2D eigenvalue weighted by molar-refractivity contribution is 0.0203. The number of H-pyrrole nitrogens is 1. The Morgan fingerprint density at radius 3 is 2.52 bits per heavy atom. The molecule has 1 aromatic heterocycles. The Morgan fingerprint density at radius 2 is 1.96 bits per heavy atom. The second kappa shape index (κ2) is 7.06. The Morgan fingerprint density at radius 1 is 1.30 bits per heavy atom. The molecule has 2 rings (SSSR count). The molecular formula is C17H26N2O4. The maximum Gasteiger partial charge on any atom is 0.410 e. The molecule has 1 fully saturated rings. The van der Waals surface area contributed by atoms with Gasteiger partial charge >= 0.3 is 12.1 Å². The van der Waals surface area contributed by atoms with E-state index in [4.69, 9.17) is 9.47 Å². The molecular weight excluding hydrogens is 296 g/mol. The molecule has 128 valence electrons. The predicted octanol–water partition coefficient (Wildman–Crippen LogP) is 3.31. The summed E-state index contributed by atoms with van der Waals surface area (Å²) in [7, 11) is 0. The Labute approximate surface area is 137 Å². The van der Waals surface area contributed by atoms with E-state index in [0.29, 0.717) is 25.4 Å². The number of hydrogen-bond acceptors (Lipinski definition) is 4. The molecule has 0 aliphatic carbocycles. The zero-order valence-electron chi connectivity index (χ0n) is 14.3. The molecule has 1 amide bonds. The molecule has 1 N–H and O–H groups in total. The number of amides is 1. The summed E-state index contributed by atoms with van der Waals surface area (Å²) < 4.78 is 10.5. The lowest BCUT2D eigenvalue weighted by Gasteiger charge is -2.33. The lowest BCUT2D eigenvalue weighted by Crippen LogP contribution is -2.41. The first-order valence-electron chi connectivity index (χ1n) is 8.14. The van der Waals surface area contributed by atoms with E-state index in [1.165, 1.54) is 0 Å². The highest BCUT2D eigenvalue weighted by Gasteiger charge is 2.29. The molecule has 6 nitrogen and oxygen atoms in total. The SMILES string of the molecule is CCOC(=O)c1[nH]ccc1C1CCN(C(=O)OC(C)(C)C)CC1. The van der Waals surface area contributed by atoms with Gasteiger partial charge in [0, 0.05) is 19.3 Å². The van der Waals surface area contributed by atoms with E-state index < -0.39 is 5.60 Å². The first-order valence-corrected chi connectivity index (χ1v) is 8.14. The Bertz CT molecular complexity index is 551. The van der Waals surface area contributed by atoms with Crippen LogP contribution in [0.3, 0.4) is 0 Å². The molecule has 0 atom stereocenters. The quantitative estimate of drug-likeness (QED) is 0.867. The van der Waals surface area contributed by atoms with Gasteiger partial charge in [-0.05, 0) is 58.1 Å². The molecule has 1 aliphatic rings. The molecule has 23 heavy (non-hydrogen) atoms. The van der Waals surface area contributed by atoms with Crippen molar-refractivity contribution >= 4 is 12.1 Å². The van der Waals surface area contributed by atoms with Gasteiger partial charge in [-0.1, -0.05) is 0 Å². The van der Waals surface area contributed by atoms with Gasteiger partial charge in [-0.3, -0.25) is 0 Å². The minimum atomic E-state index is -0.481. The molecule has 0 radical (unpaired) electrons. The van der Waals surface area contributed by atoms with Crippen LogP contribution in [0.5, 0.6) is 0 Å². The summed E-state index contributed by atoms with van der Waals surface area (Å²) in [5.41, 5.74) is 1.03. The van der Waals surface area contributed by atoms with Gasteiger partial charge in [-0.25, -0.2) is 9.59 Å². The summed E-state index contributed by atoms with van der Waals surface area (Å²) >= 11 is 0. The maximum absolute atomic E-state index is 12.1. The Balaban J connectivity index is 1.96. The summed E-state index contributed by atoms with van der Waals surface area (Å²) in [5.74, 6) is -0.0681. The third-order valence-corrected chi connectivity index (χ3v) is 3.85. The molecule has 6 heteroatoms. The fraction of sp³-hybridized carbons (Fsp3) is 0.647. The van der Waals surface area contributed by atoms with Crippen LogP contribution >= 0.6 is 0 Å². The van der Waals surface area contributed by atoms with E-state index >= 15 is 0 Å². The summed E-state index contributed by atoms with van der Waals surface area (Å²) in [6, 6.07) is 1.93. The van der Waals surface area contributed by atoms with Crippen molar-refractivity contribution in [3.8, 4) is 0 Å². The lowest BCUT2D eigenvalue weighted by atomic mass is 9.89. The zero-order chi connectivity index (χ0) is 17.0. The van der Waals surface area contributed by atoms with E-state index in [2.05, 4.69) is 4.98 Å². The highest BCUT2D eigenvalue weighted by atomic mass is 16.6. The van der Waals surface area contributed by atoms with Crippen molar-refractivity contribution in [2.75, 3.05) is 19.7 Å². The molecule has 0 aromatic carbocycles. The number of aromatic nitrogens is 1. The summed E-state index contributed by atoms with van der Waals surface area (Å²) in [6.45, 7) is 9.00. The van der Waals surface area contributed by atoms with Gasteiger partial charge in [0.1, 0.15) is 11.3 Å². The number of carbonyl (C=O) groups is 2. The number of ether oxygens (including phenoxy) is 2. The highest BCUT2D eigenvalue weighted by Crippen LogP contribution is 2.31. The second-order valence-corrected chi connectivity index (χ2v) is 6.77. The summed E-state index contributed by atoms with van der Waals surface area (Å²) in [4.78, 5) is 28.8. The third kappa shape index (κ3) is 4.50. The standard InChI is InChI=1S/C17H26N2O4/c1-5-22-15(20)14-13(6-9-18-14)12-7-10-19(11-8-12)16(21)23-17(2,3)4/h6,9,12,18H,5,7-8,10-11H2,1-4H3. The number of rotatable bonds is 3. The summed E-state index contributed by atoms with van der Waals surface area (Å²) in [5, 5.41) is 0. The van der Waals surface area contributed by atoms with Gasteiger partial charge < -0.3 is 19.4 Å². The number of hydrogen-bond donors (Lipinski definition) is 1. The van der Waals surface area contributed by atoms with Gasteiger partial charge in [-0.15, -0.1) is 0 Å². The molecule has 1 saturated heterocycles. The van der Waals surface area contributed by atoms with E-state index in [0.717, 1.165) is 18.4 Å². The smallest absolute Gasteiger partial charge is 0.410 e. The van der Waals surface area contributed by atoms with Crippen LogP contribution in [0.25, 0.3) is 0 Å². The van der Waals surface area contributed by atoms with Crippen molar-refractivity contribution in [1.29, 1.82) is 0 Å². The van der Waals surface area contributed by atoms with Crippen molar-refractivity contribution in [1.82, 2.24) is 9.88 Å². The van der Waals surface area contributed by atoms with Gasteiger partial charge in [0.05, 0.1) is 6.61 Å². The van der Waals surface area contributed by atoms with E-state index in [1.807, 2.05) is 26.8 Å². The van der Waals surface area contributed by atoms with Crippen molar-refractivity contribution in [3.63, 3.8) is 0 Å². The summed E-state index contributed by atoms with van der Waals surface area (Å²) in [6.07, 6.45) is 3.12. The van der Waals surface area contributed by atoms with Gasteiger partial charge in [0.2, 0.25) is 0 Å². The normalized spacial score (nSPS) is 16.3. The number of piperidine rings is 1. The van der Waals surface area contributed by atoms with Crippen LogP contribution in [0.1, 0.15) is 62.5 Å². The molecule has 0 unspecified atom stereocenters. The van der Waals surface area contributed by atoms with Crippen molar-refractivity contribution in [2.24, 2.45) is 0 Å². The Kier molecular flexibility index (Phi) is 5.34. The average Bonchev–Trinajstić information content (AvgIpc) is 2.95. The van der Waals surface area contributed by atoms with E-state index in [-0.39, 0.29) is 18.0 Å². The number of nitrogens with one attached hydrogen (secondary N) is 1. The molecule has 0 saturated carbocycles. The second-order valence-electron chi connectivity index (χ2n) is 6.77. The first kappa shape index (κ1) is 17.4. The van der Waals surface area contributed by atoms with Gasteiger partial charge in [0.15, 0.2) is 0 Å². The van der Waals surface area contributed by atoms with E-state index in [9.17, 15) is 9.59 Å². The fourth-order valence-corrected chi connectivity index (χ4v) is 2.80. The van der Waals surface area contributed by atoms with Crippen LogP contribution in [0.2, 0.25) is 0 Å². The Hall–Kier alpha value is -1.98. The zero-order valence-corrected chi connectivity index (χ0v) is 14.3. The van der Waals surface area contributed by atoms with Gasteiger partial charge in [0.25, 0.3) is 0 Å². The van der Waals surface area contributed by atoms with Crippen LogP contribution < -0.4 is 0 Å². The minimum Gasteiger partial charge on any atom is -0.461 e. The van der Waals surface area contributed by atoms with Crippen molar-refractivity contribution in [2.45, 2.75) is 52.1 Å². The number of esters is 1. The number of aromatic amines is 1. The van der Waals surface area contributed by atoms with Gasteiger partial charge in [-0.2, -0.15) is 0 Å². The van der Waals surface area contributed by atoms with Crippen LogP contribution in [0, 0.1) is 0 Å². The van der Waals surface area contributed by atoms with Crippen LogP contribution in [-0.2, 0) is 9.47 Å². The molecule has 2 heterocycles. The predicted molar refractivity (Wildman–Crippen MR) is 86.5 cm³/mol. The average molecular weight is 322 g/mol. The number of nitrogens with zero attached hydrogens (tertiary/aromatic N) is 1. The maximum atomic E-state index is 12.1. The van der Waals surface area contributed by atoms with Crippen LogP contribution in [0.4, 0.5) is 4.79 Å². The minimum absolute atomic E-state index is 0.249. The number of likely N-dealkylation sites (tertiary alicyclic amines) is 1. The van der Waals surface area contributed by atoms with Crippen LogP contribution in [0.15, 0.2) is 12.3 Å². The molecule has 1 aromatic rings. The van der Waals surface area contributed by atoms with Crippen molar-refractivity contribution < 1.29 is 19.1 Å². The topological polar surface area (TPSA) is 71.6 Å². The first-order chi connectivity index (χ1) is 10.8. The van der Waals surface area contributed by atoms with Crippen LogP contribution in [-0.4, -0.2) is 47.2 Å². The van der Waals surface area contributed by atoms with Crippen molar-refractivity contribution in [3.05, 3.63) is 23.5 Å². The monoisotopic (exact) mass is 322 g/mol. The molecule has 1 aliphatic heterocycles.